The van der Waals surface area contributed by atoms with E-state index in [0.717, 1.165) is 6.07 Å². The molecule has 0 bridgehead atoms. The van der Waals surface area contributed by atoms with Crippen molar-refractivity contribution in [1.29, 1.82) is 0 Å². The number of hydrogen-bond donors (Lipinski definition) is 4. The van der Waals surface area contributed by atoms with Crippen molar-refractivity contribution in [2.45, 2.75) is 16.7 Å². The first-order valence-corrected chi connectivity index (χ1v) is 9.21. The zero-order valence-corrected chi connectivity index (χ0v) is 13.3. The molecule has 21 heavy (non-hydrogen) atoms. The molecular weight excluding hydrogens is 316 g/mol. The highest BCUT2D eigenvalue weighted by molar-refractivity contribution is 7.90. The minimum absolute atomic E-state index is 0.0731. The van der Waals surface area contributed by atoms with Crippen LogP contribution in [0.25, 0.3) is 0 Å². The van der Waals surface area contributed by atoms with Gasteiger partial charge in [-0.2, -0.15) is 0 Å². The van der Waals surface area contributed by atoms with Gasteiger partial charge in [0.25, 0.3) is 0 Å². The number of nitrogens with two attached hydrogens (primary N) is 2. The maximum absolute atomic E-state index is 12.1. The van der Waals surface area contributed by atoms with Crippen LogP contribution in [0.3, 0.4) is 0 Å². The fourth-order valence-electron chi connectivity index (χ4n) is 1.58. The first-order chi connectivity index (χ1) is 9.74. The van der Waals surface area contributed by atoms with Crippen molar-refractivity contribution in [3.8, 4) is 0 Å². The third-order valence-corrected chi connectivity index (χ3v) is 5.69. The highest BCUT2D eigenvalue weighted by Crippen LogP contribution is 2.19. The molecule has 10 heteroatoms. The molecule has 120 valence electrons. The van der Waals surface area contributed by atoms with Gasteiger partial charge in [0.05, 0.1) is 9.79 Å². The van der Waals surface area contributed by atoms with Crippen LogP contribution < -0.4 is 20.9 Å². The molecule has 0 fully saturated rings. The summed E-state index contributed by atoms with van der Waals surface area (Å²) in [6, 6.07) is 3.90. The van der Waals surface area contributed by atoms with E-state index in [9.17, 15) is 16.8 Å². The fourth-order valence-corrected chi connectivity index (χ4v) is 4.05. The SMILES string of the molecule is Cc1ccc(S(=O)(=O)NCCN)cc1S(=O)(=O)NCCN. The summed E-state index contributed by atoms with van der Waals surface area (Å²) in [6.45, 7) is 2.03. The lowest BCUT2D eigenvalue weighted by atomic mass is 10.2. The van der Waals surface area contributed by atoms with Crippen LogP contribution in [0.15, 0.2) is 28.0 Å². The van der Waals surface area contributed by atoms with Gasteiger partial charge in [-0.25, -0.2) is 26.3 Å². The van der Waals surface area contributed by atoms with Crippen LogP contribution >= 0.6 is 0 Å². The molecule has 0 aliphatic rings. The van der Waals surface area contributed by atoms with Crippen molar-refractivity contribution < 1.29 is 16.8 Å². The molecular formula is C11H20N4O4S2. The molecule has 0 saturated carbocycles. The molecule has 8 nitrogen and oxygen atoms in total. The van der Waals surface area contributed by atoms with Crippen LogP contribution in [0.4, 0.5) is 0 Å². The van der Waals surface area contributed by atoms with Crippen LogP contribution in [-0.2, 0) is 20.0 Å². The van der Waals surface area contributed by atoms with Gasteiger partial charge in [0.1, 0.15) is 0 Å². The summed E-state index contributed by atoms with van der Waals surface area (Å²) in [5.41, 5.74) is 11.0. The van der Waals surface area contributed by atoms with E-state index in [1.165, 1.54) is 12.1 Å². The van der Waals surface area contributed by atoms with Gasteiger partial charge in [0.15, 0.2) is 0 Å². The average molecular weight is 336 g/mol. The minimum Gasteiger partial charge on any atom is -0.329 e. The van der Waals surface area contributed by atoms with Crippen molar-refractivity contribution in [3.63, 3.8) is 0 Å². The zero-order valence-electron chi connectivity index (χ0n) is 11.7. The van der Waals surface area contributed by atoms with E-state index in [1.807, 2.05) is 0 Å². The second kappa shape index (κ2) is 7.29. The number of nitrogens with one attached hydrogen (secondary N) is 2. The van der Waals surface area contributed by atoms with E-state index in [0.29, 0.717) is 5.56 Å². The number of benzene rings is 1. The van der Waals surface area contributed by atoms with Gasteiger partial charge < -0.3 is 11.5 Å². The molecule has 0 heterocycles. The fraction of sp³-hybridized carbons (Fsp3) is 0.455. The summed E-state index contributed by atoms with van der Waals surface area (Å²) in [5.74, 6) is 0. The molecule has 0 atom stereocenters. The second-order valence-electron chi connectivity index (χ2n) is 4.30. The molecule has 0 unspecified atom stereocenters. The number of hydrogen-bond acceptors (Lipinski definition) is 6. The lowest BCUT2D eigenvalue weighted by molar-refractivity contribution is 0.579. The van der Waals surface area contributed by atoms with Crippen LogP contribution in [0.1, 0.15) is 5.56 Å². The predicted octanol–water partition coefficient (Wildman–Crippen LogP) is -1.53. The van der Waals surface area contributed by atoms with Crippen LogP contribution in [0, 0.1) is 6.92 Å². The Morgan fingerprint density at radius 3 is 2.00 bits per heavy atom. The molecule has 1 rings (SSSR count). The Morgan fingerprint density at radius 2 is 1.48 bits per heavy atom. The van der Waals surface area contributed by atoms with Gasteiger partial charge in [0.2, 0.25) is 20.0 Å². The molecule has 0 saturated heterocycles. The Hall–Kier alpha value is -1.04. The minimum atomic E-state index is -3.80. The van der Waals surface area contributed by atoms with E-state index in [4.69, 9.17) is 11.5 Å². The second-order valence-corrected chi connectivity index (χ2v) is 7.80. The first kappa shape index (κ1) is 18.0. The van der Waals surface area contributed by atoms with Crippen molar-refractivity contribution in [3.05, 3.63) is 23.8 Å². The Balaban J connectivity index is 3.23. The first-order valence-electron chi connectivity index (χ1n) is 6.24. The molecule has 0 aliphatic heterocycles. The van der Waals surface area contributed by atoms with Crippen molar-refractivity contribution in [2.75, 3.05) is 26.2 Å². The van der Waals surface area contributed by atoms with E-state index >= 15 is 0 Å². The Bertz CT molecular complexity index is 686. The third kappa shape index (κ3) is 4.73. The predicted molar refractivity (Wildman–Crippen MR) is 79.7 cm³/mol. The zero-order chi connectivity index (χ0) is 16.1. The van der Waals surface area contributed by atoms with Gasteiger partial charge in [-0.1, -0.05) is 6.07 Å². The number of sulfonamides is 2. The lowest BCUT2D eigenvalue weighted by Gasteiger charge is -2.11. The molecule has 0 amide bonds. The van der Waals surface area contributed by atoms with Crippen molar-refractivity contribution in [1.82, 2.24) is 9.44 Å². The van der Waals surface area contributed by atoms with E-state index in [-0.39, 0.29) is 36.0 Å². The van der Waals surface area contributed by atoms with Crippen molar-refractivity contribution >= 4 is 20.0 Å². The number of rotatable bonds is 8. The van der Waals surface area contributed by atoms with Gasteiger partial charge >= 0.3 is 0 Å². The standard InChI is InChI=1S/C11H20N4O4S2/c1-9-2-3-10(20(16,17)14-6-4-12)8-11(9)21(18,19)15-7-5-13/h2-3,8,14-15H,4-7,12-13H2,1H3. The summed E-state index contributed by atoms with van der Waals surface area (Å²) in [6.07, 6.45) is 0. The summed E-state index contributed by atoms with van der Waals surface area (Å²) in [4.78, 5) is -0.221. The highest BCUT2D eigenvalue weighted by atomic mass is 32.2. The number of aryl methyl sites for hydroxylation is 1. The largest absolute Gasteiger partial charge is 0.329 e. The molecule has 0 aromatic heterocycles. The normalized spacial score (nSPS) is 12.5. The van der Waals surface area contributed by atoms with Gasteiger partial charge in [0, 0.05) is 26.2 Å². The monoisotopic (exact) mass is 336 g/mol. The van der Waals surface area contributed by atoms with Gasteiger partial charge in [-0.15, -0.1) is 0 Å². The van der Waals surface area contributed by atoms with Crippen LogP contribution in [0.2, 0.25) is 0 Å². The Morgan fingerprint density at radius 1 is 0.952 bits per heavy atom. The average Bonchev–Trinajstić information content (AvgIpc) is 2.43. The van der Waals surface area contributed by atoms with Crippen LogP contribution in [-0.4, -0.2) is 43.0 Å². The third-order valence-electron chi connectivity index (χ3n) is 2.63. The van der Waals surface area contributed by atoms with E-state index in [2.05, 4.69) is 9.44 Å². The smallest absolute Gasteiger partial charge is 0.240 e. The maximum Gasteiger partial charge on any atom is 0.240 e. The molecule has 6 N–H and O–H groups in total. The Labute approximate surface area is 125 Å². The molecule has 0 aliphatic carbocycles. The molecule has 0 radical (unpaired) electrons. The summed E-state index contributed by atoms with van der Waals surface area (Å²) < 4.78 is 52.8. The van der Waals surface area contributed by atoms with Gasteiger partial charge in [-0.3, -0.25) is 0 Å². The molecule has 1 aromatic carbocycles. The quantitative estimate of drug-likeness (QED) is 0.453. The van der Waals surface area contributed by atoms with Gasteiger partial charge in [-0.05, 0) is 24.6 Å². The van der Waals surface area contributed by atoms with Crippen molar-refractivity contribution in [2.24, 2.45) is 11.5 Å². The van der Waals surface area contributed by atoms with E-state index < -0.39 is 20.0 Å². The van der Waals surface area contributed by atoms with Crippen LogP contribution in [0.5, 0.6) is 0 Å². The summed E-state index contributed by atoms with van der Waals surface area (Å²) in [7, 11) is -7.59. The highest BCUT2D eigenvalue weighted by Gasteiger charge is 2.21. The molecule has 0 spiro atoms. The Kier molecular flexibility index (Phi) is 6.25. The lowest BCUT2D eigenvalue weighted by Crippen LogP contribution is -2.31. The topological polar surface area (TPSA) is 144 Å². The summed E-state index contributed by atoms with van der Waals surface area (Å²) >= 11 is 0. The summed E-state index contributed by atoms with van der Waals surface area (Å²) in [5, 5.41) is 0. The molecule has 1 aromatic rings. The maximum atomic E-state index is 12.1. The van der Waals surface area contributed by atoms with E-state index in [1.54, 1.807) is 6.92 Å².